The van der Waals surface area contributed by atoms with E-state index in [2.05, 4.69) is 4.74 Å². The van der Waals surface area contributed by atoms with Crippen molar-refractivity contribution in [3.05, 3.63) is 11.8 Å². The molecule has 0 unspecified atom stereocenters. The van der Waals surface area contributed by atoms with Gasteiger partial charge in [0.15, 0.2) is 0 Å². The Balaban J connectivity index is 3.76. The summed E-state index contributed by atoms with van der Waals surface area (Å²) in [5.74, 6) is 0.116. The molecule has 0 saturated carbocycles. The van der Waals surface area contributed by atoms with Crippen LogP contribution in [-0.4, -0.2) is 19.7 Å². The molecule has 0 rings (SSSR count). The van der Waals surface area contributed by atoms with Gasteiger partial charge in [0.05, 0.1) is 25.6 Å². The average Bonchev–Trinajstić information content (AvgIpc) is 2.02. The molecule has 0 atom stereocenters. The minimum Gasteiger partial charge on any atom is -0.500 e. The van der Waals surface area contributed by atoms with Crippen LogP contribution in [0, 0.1) is 5.92 Å². The molecule has 0 heterocycles. The second kappa shape index (κ2) is 5.63. The van der Waals surface area contributed by atoms with Gasteiger partial charge >= 0.3 is 5.97 Å². The van der Waals surface area contributed by atoms with E-state index < -0.39 is 0 Å². The monoisotopic (exact) mass is 172 g/mol. The fraction of sp³-hybridized carbons (Fsp3) is 0.667. The van der Waals surface area contributed by atoms with Crippen molar-refractivity contribution >= 4 is 5.97 Å². The van der Waals surface area contributed by atoms with Crippen molar-refractivity contribution in [1.82, 2.24) is 0 Å². The number of methoxy groups -OCH3 is 1. The number of carbonyl (C=O) groups excluding carboxylic acids is 1. The lowest BCUT2D eigenvalue weighted by atomic mass is 10.2. The van der Waals surface area contributed by atoms with Crippen molar-refractivity contribution in [2.75, 3.05) is 13.7 Å². The predicted octanol–water partition coefficient (Wildman–Crippen LogP) is 1.74. The first-order valence-electron chi connectivity index (χ1n) is 3.94. The predicted molar refractivity (Wildman–Crippen MR) is 46.6 cm³/mol. The van der Waals surface area contributed by atoms with Crippen LogP contribution in [0.25, 0.3) is 0 Å². The van der Waals surface area contributed by atoms with E-state index in [4.69, 9.17) is 4.74 Å². The van der Waals surface area contributed by atoms with Crippen molar-refractivity contribution in [1.29, 1.82) is 0 Å². The molecule has 0 saturated heterocycles. The zero-order valence-electron chi connectivity index (χ0n) is 8.09. The number of ether oxygens (including phenoxy) is 2. The first-order valence-corrected chi connectivity index (χ1v) is 3.94. The molecule has 70 valence electrons. The molecule has 0 N–H and O–H groups in total. The minimum atomic E-state index is -0.348. The van der Waals surface area contributed by atoms with Gasteiger partial charge in [-0.15, -0.1) is 0 Å². The smallest absolute Gasteiger partial charge is 0.336 e. The summed E-state index contributed by atoms with van der Waals surface area (Å²) < 4.78 is 9.60. The standard InChI is InChI=1S/C9H16O3/c1-7(2)5-12-6-8(3)9(10)11-4/h6-7H,5H2,1-4H3/b8-6+. The molecule has 0 aliphatic heterocycles. The van der Waals surface area contributed by atoms with Crippen LogP contribution in [0.1, 0.15) is 20.8 Å². The summed E-state index contributed by atoms with van der Waals surface area (Å²) in [5, 5.41) is 0. The summed E-state index contributed by atoms with van der Waals surface area (Å²) >= 11 is 0. The summed E-state index contributed by atoms with van der Waals surface area (Å²) in [6, 6.07) is 0. The van der Waals surface area contributed by atoms with Gasteiger partial charge in [0.25, 0.3) is 0 Å². The Bertz CT molecular complexity index is 171. The van der Waals surface area contributed by atoms with E-state index in [1.54, 1.807) is 6.92 Å². The number of hydrogen-bond acceptors (Lipinski definition) is 3. The van der Waals surface area contributed by atoms with Crippen LogP contribution in [-0.2, 0) is 14.3 Å². The molecule has 3 heteroatoms. The molecular formula is C9H16O3. The molecule has 0 bridgehead atoms. The summed E-state index contributed by atoms with van der Waals surface area (Å²) in [6.45, 7) is 6.36. The van der Waals surface area contributed by atoms with Crippen LogP contribution in [0.2, 0.25) is 0 Å². The van der Waals surface area contributed by atoms with Gasteiger partial charge in [-0.25, -0.2) is 4.79 Å². The van der Waals surface area contributed by atoms with E-state index in [1.807, 2.05) is 13.8 Å². The quantitative estimate of drug-likeness (QED) is 0.368. The normalized spacial score (nSPS) is 11.6. The fourth-order valence-corrected chi connectivity index (χ4v) is 0.575. The zero-order valence-corrected chi connectivity index (χ0v) is 8.09. The molecule has 0 aromatic carbocycles. The van der Waals surface area contributed by atoms with Crippen molar-refractivity contribution in [2.45, 2.75) is 20.8 Å². The number of rotatable bonds is 4. The van der Waals surface area contributed by atoms with E-state index in [0.29, 0.717) is 18.1 Å². The Morgan fingerprint density at radius 2 is 2.08 bits per heavy atom. The number of hydrogen-bond donors (Lipinski definition) is 0. The SMILES string of the molecule is COC(=O)/C(C)=C/OCC(C)C. The highest BCUT2D eigenvalue weighted by molar-refractivity contribution is 5.87. The molecular weight excluding hydrogens is 156 g/mol. The van der Waals surface area contributed by atoms with Crippen molar-refractivity contribution in [3.8, 4) is 0 Å². The lowest BCUT2D eigenvalue weighted by Crippen LogP contribution is -2.03. The number of esters is 1. The fourth-order valence-electron chi connectivity index (χ4n) is 0.575. The van der Waals surface area contributed by atoms with E-state index in [9.17, 15) is 4.79 Å². The van der Waals surface area contributed by atoms with Crippen LogP contribution < -0.4 is 0 Å². The van der Waals surface area contributed by atoms with Crippen LogP contribution in [0.4, 0.5) is 0 Å². The first-order chi connectivity index (χ1) is 5.57. The van der Waals surface area contributed by atoms with E-state index in [0.717, 1.165) is 0 Å². The van der Waals surface area contributed by atoms with Crippen LogP contribution in [0.3, 0.4) is 0 Å². The summed E-state index contributed by atoms with van der Waals surface area (Å²) in [4.78, 5) is 10.8. The third-order valence-electron chi connectivity index (χ3n) is 1.20. The Kier molecular flexibility index (Phi) is 5.17. The molecule has 0 spiro atoms. The first kappa shape index (κ1) is 11.0. The summed E-state index contributed by atoms with van der Waals surface area (Å²) in [5.41, 5.74) is 0.484. The maximum absolute atomic E-state index is 10.8. The van der Waals surface area contributed by atoms with Gasteiger partial charge in [0, 0.05) is 0 Å². The highest BCUT2D eigenvalue weighted by Crippen LogP contribution is 1.98. The molecule has 0 aromatic rings. The van der Waals surface area contributed by atoms with Crippen LogP contribution in [0.15, 0.2) is 11.8 Å². The van der Waals surface area contributed by atoms with E-state index in [-0.39, 0.29) is 5.97 Å². The molecule has 0 fully saturated rings. The highest BCUT2D eigenvalue weighted by Gasteiger charge is 2.02. The van der Waals surface area contributed by atoms with Gasteiger partial charge in [-0.3, -0.25) is 0 Å². The van der Waals surface area contributed by atoms with Crippen molar-refractivity contribution < 1.29 is 14.3 Å². The minimum absolute atomic E-state index is 0.348. The molecule has 0 radical (unpaired) electrons. The lowest BCUT2D eigenvalue weighted by Gasteiger charge is -2.04. The van der Waals surface area contributed by atoms with Gasteiger partial charge in [0.1, 0.15) is 0 Å². The topological polar surface area (TPSA) is 35.5 Å². The number of carbonyl (C=O) groups is 1. The second-order valence-electron chi connectivity index (χ2n) is 3.02. The zero-order chi connectivity index (χ0) is 9.56. The largest absolute Gasteiger partial charge is 0.500 e. The van der Waals surface area contributed by atoms with E-state index in [1.165, 1.54) is 13.4 Å². The molecule has 0 aromatic heterocycles. The third-order valence-corrected chi connectivity index (χ3v) is 1.20. The van der Waals surface area contributed by atoms with Gasteiger partial charge in [-0.1, -0.05) is 13.8 Å². The Labute approximate surface area is 73.4 Å². The average molecular weight is 172 g/mol. The molecule has 0 aliphatic carbocycles. The maximum atomic E-state index is 10.8. The van der Waals surface area contributed by atoms with Gasteiger partial charge in [0.2, 0.25) is 0 Å². The van der Waals surface area contributed by atoms with Crippen molar-refractivity contribution in [2.24, 2.45) is 5.92 Å². The maximum Gasteiger partial charge on any atom is 0.336 e. The molecule has 3 nitrogen and oxygen atoms in total. The summed E-state index contributed by atoms with van der Waals surface area (Å²) in [7, 11) is 1.35. The Hall–Kier alpha value is -0.990. The third kappa shape index (κ3) is 4.77. The van der Waals surface area contributed by atoms with E-state index >= 15 is 0 Å². The van der Waals surface area contributed by atoms with Crippen molar-refractivity contribution in [3.63, 3.8) is 0 Å². The Morgan fingerprint density at radius 3 is 2.50 bits per heavy atom. The molecule has 0 aliphatic rings. The van der Waals surface area contributed by atoms with Gasteiger partial charge < -0.3 is 9.47 Å². The van der Waals surface area contributed by atoms with Crippen LogP contribution >= 0.6 is 0 Å². The van der Waals surface area contributed by atoms with Crippen LogP contribution in [0.5, 0.6) is 0 Å². The highest BCUT2D eigenvalue weighted by atomic mass is 16.5. The van der Waals surface area contributed by atoms with Gasteiger partial charge in [-0.2, -0.15) is 0 Å². The molecule has 12 heavy (non-hydrogen) atoms. The van der Waals surface area contributed by atoms with Gasteiger partial charge in [-0.05, 0) is 12.8 Å². The Morgan fingerprint density at radius 1 is 1.50 bits per heavy atom. The lowest BCUT2D eigenvalue weighted by molar-refractivity contribution is -0.136. The second-order valence-corrected chi connectivity index (χ2v) is 3.02. The molecule has 0 amide bonds. The summed E-state index contributed by atoms with van der Waals surface area (Å²) in [6.07, 6.45) is 1.44.